The molecule has 2 heterocycles. The molecule has 2 N–H and O–H groups in total. The van der Waals surface area contributed by atoms with E-state index in [2.05, 4.69) is 10.6 Å². The molecule has 0 aliphatic carbocycles. The van der Waals surface area contributed by atoms with Gasteiger partial charge in [0.1, 0.15) is 0 Å². The normalized spacial score (nSPS) is 21.2. The molecular weight excluding hydrogens is 387 g/mol. The number of rotatable bonds is 2. The Kier molecular flexibility index (Phi) is 5.00. The predicted molar refractivity (Wildman–Crippen MR) is 110 cm³/mol. The summed E-state index contributed by atoms with van der Waals surface area (Å²) in [5, 5.41) is 8.57. The largest absolute Gasteiger partial charge is 0.372 e. The van der Waals surface area contributed by atoms with Gasteiger partial charge in [-0.3, -0.25) is 0 Å². The first-order chi connectivity index (χ1) is 12.6. The van der Waals surface area contributed by atoms with Gasteiger partial charge >= 0.3 is 0 Å². The SMILES string of the molecule is S=C1NC2=C(COC/C2=C\c2ccccc2Cl)C(c2ccccc2Cl)N1. The highest BCUT2D eigenvalue weighted by Gasteiger charge is 2.31. The average Bonchev–Trinajstić information content (AvgIpc) is 2.64. The molecule has 0 saturated carbocycles. The van der Waals surface area contributed by atoms with Crippen molar-refractivity contribution in [1.29, 1.82) is 0 Å². The highest BCUT2D eigenvalue weighted by atomic mass is 35.5. The summed E-state index contributed by atoms with van der Waals surface area (Å²) in [5.41, 5.74) is 5.01. The minimum atomic E-state index is -0.123. The van der Waals surface area contributed by atoms with Crippen LogP contribution < -0.4 is 10.6 Å². The lowest BCUT2D eigenvalue weighted by Gasteiger charge is -2.36. The van der Waals surface area contributed by atoms with Gasteiger partial charge < -0.3 is 15.4 Å². The first-order valence-electron chi connectivity index (χ1n) is 8.21. The van der Waals surface area contributed by atoms with E-state index in [0.717, 1.165) is 28.0 Å². The van der Waals surface area contributed by atoms with E-state index in [1.165, 1.54) is 0 Å². The maximum Gasteiger partial charge on any atom is 0.171 e. The Morgan fingerprint density at radius 1 is 1.00 bits per heavy atom. The summed E-state index contributed by atoms with van der Waals surface area (Å²) in [6.07, 6.45) is 2.04. The van der Waals surface area contributed by atoms with Gasteiger partial charge in [-0.25, -0.2) is 0 Å². The highest BCUT2D eigenvalue weighted by Crippen LogP contribution is 2.36. The van der Waals surface area contributed by atoms with Crippen LogP contribution in [0.25, 0.3) is 6.08 Å². The Bertz CT molecular complexity index is 939. The molecule has 2 aromatic carbocycles. The Morgan fingerprint density at radius 3 is 2.50 bits per heavy atom. The fourth-order valence-corrected chi connectivity index (χ4v) is 3.90. The number of nitrogens with one attached hydrogen (secondary N) is 2. The van der Waals surface area contributed by atoms with Gasteiger partial charge in [0.25, 0.3) is 0 Å². The monoisotopic (exact) mass is 402 g/mol. The number of thiocarbonyl (C=S) groups is 1. The van der Waals surface area contributed by atoms with Crippen LogP contribution in [0.5, 0.6) is 0 Å². The topological polar surface area (TPSA) is 33.3 Å². The van der Waals surface area contributed by atoms with Crippen LogP contribution in [0.15, 0.2) is 65.4 Å². The molecule has 2 aliphatic rings. The standard InChI is InChI=1S/C20H16Cl2N2OS/c21-16-7-3-1-5-12(16)9-13-10-25-11-15-18(13)23-20(26)24-19(15)14-6-2-4-8-17(14)22/h1-9,19H,10-11H2,(H2,23,24,26)/b13-9+. The summed E-state index contributed by atoms with van der Waals surface area (Å²) < 4.78 is 5.85. The van der Waals surface area contributed by atoms with Crippen molar-refractivity contribution in [1.82, 2.24) is 10.6 Å². The van der Waals surface area contributed by atoms with Crippen molar-refractivity contribution in [3.8, 4) is 0 Å². The first kappa shape index (κ1) is 17.6. The van der Waals surface area contributed by atoms with Crippen molar-refractivity contribution in [2.24, 2.45) is 0 Å². The second-order valence-electron chi connectivity index (χ2n) is 6.14. The van der Waals surface area contributed by atoms with E-state index >= 15 is 0 Å². The summed E-state index contributed by atoms with van der Waals surface area (Å²) in [7, 11) is 0. The van der Waals surface area contributed by atoms with Crippen molar-refractivity contribution in [3.05, 3.63) is 86.5 Å². The molecule has 0 bridgehead atoms. The fraction of sp³-hybridized carbons (Fsp3) is 0.150. The van der Waals surface area contributed by atoms with Crippen LogP contribution in [0.2, 0.25) is 10.0 Å². The van der Waals surface area contributed by atoms with Crippen molar-refractivity contribution in [3.63, 3.8) is 0 Å². The number of ether oxygens (including phenoxy) is 1. The lowest BCUT2D eigenvalue weighted by molar-refractivity contribution is 0.164. The van der Waals surface area contributed by atoms with Gasteiger partial charge in [-0.2, -0.15) is 0 Å². The zero-order valence-electron chi connectivity index (χ0n) is 13.8. The number of hydrogen-bond acceptors (Lipinski definition) is 2. The number of benzene rings is 2. The zero-order valence-corrected chi connectivity index (χ0v) is 16.1. The molecule has 1 atom stereocenters. The third-order valence-electron chi connectivity index (χ3n) is 4.47. The van der Waals surface area contributed by atoms with E-state index in [9.17, 15) is 0 Å². The lowest BCUT2D eigenvalue weighted by Crippen LogP contribution is -2.46. The highest BCUT2D eigenvalue weighted by molar-refractivity contribution is 7.80. The van der Waals surface area contributed by atoms with E-state index in [-0.39, 0.29) is 6.04 Å². The minimum absolute atomic E-state index is 0.123. The number of hydrogen-bond donors (Lipinski definition) is 2. The predicted octanol–water partition coefficient (Wildman–Crippen LogP) is 4.88. The van der Waals surface area contributed by atoms with Gasteiger partial charge in [0.15, 0.2) is 5.11 Å². The summed E-state index contributed by atoms with van der Waals surface area (Å²) in [4.78, 5) is 0. The van der Waals surface area contributed by atoms with E-state index in [4.69, 9.17) is 40.2 Å². The van der Waals surface area contributed by atoms with Gasteiger partial charge in [-0.05, 0) is 41.6 Å². The van der Waals surface area contributed by atoms with Crippen LogP contribution >= 0.6 is 35.4 Å². The zero-order chi connectivity index (χ0) is 18.1. The maximum atomic E-state index is 6.42. The van der Waals surface area contributed by atoms with Crippen LogP contribution in [0.3, 0.4) is 0 Å². The third-order valence-corrected chi connectivity index (χ3v) is 5.38. The Hall–Kier alpha value is -1.85. The quantitative estimate of drug-likeness (QED) is 0.701. The molecule has 0 amide bonds. The Labute approximate surface area is 167 Å². The summed E-state index contributed by atoms with van der Waals surface area (Å²) in [6, 6.07) is 15.4. The molecular formula is C20H16Cl2N2OS. The number of halogens is 2. The summed E-state index contributed by atoms with van der Waals surface area (Å²) in [6.45, 7) is 1.00. The van der Waals surface area contributed by atoms with E-state index in [1.54, 1.807) is 0 Å². The van der Waals surface area contributed by atoms with Crippen LogP contribution in [-0.4, -0.2) is 18.3 Å². The molecule has 0 spiro atoms. The molecule has 6 heteroatoms. The van der Waals surface area contributed by atoms with E-state index < -0.39 is 0 Å². The second-order valence-corrected chi connectivity index (χ2v) is 7.36. The summed E-state index contributed by atoms with van der Waals surface area (Å²) >= 11 is 18.2. The average molecular weight is 403 g/mol. The van der Waals surface area contributed by atoms with Crippen molar-refractivity contribution >= 4 is 46.6 Å². The van der Waals surface area contributed by atoms with Gasteiger partial charge in [-0.1, -0.05) is 59.6 Å². The molecule has 0 radical (unpaired) electrons. The van der Waals surface area contributed by atoms with Gasteiger partial charge in [-0.15, -0.1) is 0 Å². The molecule has 2 aliphatic heterocycles. The molecule has 26 heavy (non-hydrogen) atoms. The van der Waals surface area contributed by atoms with E-state index in [0.29, 0.717) is 28.4 Å². The van der Waals surface area contributed by atoms with Gasteiger partial charge in [0.05, 0.1) is 19.3 Å². The maximum absolute atomic E-state index is 6.42. The van der Waals surface area contributed by atoms with Crippen molar-refractivity contribution < 1.29 is 4.74 Å². The van der Waals surface area contributed by atoms with Crippen LogP contribution in [0.4, 0.5) is 0 Å². The third kappa shape index (κ3) is 3.38. The molecule has 1 unspecified atom stereocenters. The minimum Gasteiger partial charge on any atom is -0.372 e. The first-order valence-corrected chi connectivity index (χ1v) is 9.38. The molecule has 2 aromatic rings. The fourth-order valence-electron chi connectivity index (χ4n) is 3.25. The van der Waals surface area contributed by atoms with Gasteiger partial charge in [0.2, 0.25) is 0 Å². The van der Waals surface area contributed by atoms with Crippen LogP contribution in [0.1, 0.15) is 17.2 Å². The van der Waals surface area contributed by atoms with Gasteiger partial charge in [0, 0.05) is 26.9 Å². The molecule has 0 saturated heterocycles. The van der Waals surface area contributed by atoms with Crippen LogP contribution in [0, 0.1) is 0 Å². The van der Waals surface area contributed by atoms with Crippen molar-refractivity contribution in [2.75, 3.05) is 13.2 Å². The molecule has 4 rings (SSSR count). The molecule has 0 aromatic heterocycles. The molecule has 3 nitrogen and oxygen atoms in total. The van der Waals surface area contributed by atoms with E-state index in [1.807, 2.05) is 54.6 Å². The lowest BCUT2D eigenvalue weighted by atomic mass is 9.91. The summed E-state index contributed by atoms with van der Waals surface area (Å²) in [5.74, 6) is 0. The molecule has 0 fully saturated rings. The Morgan fingerprint density at radius 2 is 1.73 bits per heavy atom. The Balaban J connectivity index is 1.81. The van der Waals surface area contributed by atoms with Crippen LogP contribution in [-0.2, 0) is 4.74 Å². The smallest absolute Gasteiger partial charge is 0.171 e. The second kappa shape index (κ2) is 7.41. The van der Waals surface area contributed by atoms with Crippen molar-refractivity contribution in [2.45, 2.75) is 6.04 Å². The molecule has 132 valence electrons.